The Morgan fingerprint density at radius 1 is 1.04 bits per heavy atom. The number of hydrazone groups is 1. The van der Waals surface area contributed by atoms with Gasteiger partial charge in [-0.2, -0.15) is 5.10 Å². The summed E-state index contributed by atoms with van der Waals surface area (Å²) in [6.07, 6.45) is 1.27. The van der Waals surface area contributed by atoms with Crippen molar-refractivity contribution < 1.29 is 24.5 Å². The summed E-state index contributed by atoms with van der Waals surface area (Å²) in [6, 6.07) is 8.89. The molecule has 3 N–H and O–H groups in total. The zero-order valence-corrected chi connectivity index (χ0v) is 12.6. The lowest BCUT2D eigenvalue weighted by Crippen LogP contribution is -2.17. The summed E-state index contributed by atoms with van der Waals surface area (Å²) in [5, 5.41) is 23.2. The monoisotopic (exact) mass is 316 g/mol. The Hall–Kier alpha value is -3.22. The molecule has 0 spiro atoms. The molecule has 0 bridgehead atoms. The highest BCUT2D eigenvalue weighted by Crippen LogP contribution is 2.23. The largest absolute Gasteiger partial charge is 0.507 e. The van der Waals surface area contributed by atoms with Gasteiger partial charge in [-0.25, -0.2) is 5.43 Å². The minimum atomic E-state index is -0.611. The first kappa shape index (κ1) is 16.2. The summed E-state index contributed by atoms with van der Waals surface area (Å²) in [6.45, 7) is 0. The van der Waals surface area contributed by atoms with Gasteiger partial charge >= 0.3 is 0 Å². The molecule has 2 aromatic carbocycles. The summed E-state index contributed by atoms with van der Waals surface area (Å²) in [5.41, 5.74) is 2.67. The lowest BCUT2D eigenvalue weighted by atomic mass is 10.2. The van der Waals surface area contributed by atoms with Gasteiger partial charge in [0.25, 0.3) is 5.91 Å². The molecule has 0 saturated carbocycles. The van der Waals surface area contributed by atoms with Crippen LogP contribution in [0, 0.1) is 0 Å². The van der Waals surface area contributed by atoms with E-state index in [1.165, 1.54) is 44.7 Å². The number of phenolic OH excluding ortho intramolecular Hbond substituents is 2. The van der Waals surface area contributed by atoms with Crippen molar-refractivity contribution in [3.05, 3.63) is 47.5 Å². The maximum absolute atomic E-state index is 12.0. The fourth-order valence-corrected chi connectivity index (χ4v) is 1.81. The van der Waals surface area contributed by atoms with Gasteiger partial charge in [-0.15, -0.1) is 0 Å². The normalized spacial score (nSPS) is 10.5. The van der Waals surface area contributed by atoms with Crippen LogP contribution in [0.15, 0.2) is 41.5 Å². The second kappa shape index (κ2) is 7.17. The van der Waals surface area contributed by atoms with Crippen LogP contribution in [0.25, 0.3) is 0 Å². The van der Waals surface area contributed by atoms with Crippen LogP contribution in [0.5, 0.6) is 23.0 Å². The topological polar surface area (TPSA) is 100 Å². The average molecular weight is 316 g/mol. The highest BCUT2D eigenvalue weighted by molar-refractivity contribution is 5.97. The molecule has 7 nitrogen and oxygen atoms in total. The molecular weight excluding hydrogens is 300 g/mol. The van der Waals surface area contributed by atoms with Gasteiger partial charge in [-0.3, -0.25) is 4.79 Å². The number of carbonyl (C=O) groups is 1. The highest BCUT2D eigenvalue weighted by Gasteiger charge is 2.11. The van der Waals surface area contributed by atoms with Crippen LogP contribution < -0.4 is 14.9 Å². The third-order valence-electron chi connectivity index (χ3n) is 3.05. The number of benzene rings is 2. The maximum Gasteiger partial charge on any atom is 0.275 e. The van der Waals surface area contributed by atoms with Gasteiger partial charge < -0.3 is 19.7 Å². The number of phenols is 2. The van der Waals surface area contributed by atoms with Crippen molar-refractivity contribution in [1.29, 1.82) is 0 Å². The zero-order valence-electron chi connectivity index (χ0n) is 12.6. The van der Waals surface area contributed by atoms with Gasteiger partial charge in [-0.1, -0.05) is 0 Å². The van der Waals surface area contributed by atoms with Crippen molar-refractivity contribution >= 4 is 12.1 Å². The number of nitrogens with one attached hydrogen (secondary N) is 1. The van der Waals surface area contributed by atoms with Gasteiger partial charge in [0, 0.05) is 5.56 Å². The maximum atomic E-state index is 12.0. The van der Waals surface area contributed by atoms with Crippen molar-refractivity contribution in [3.8, 4) is 23.0 Å². The van der Waals surface area contributed by atoms with Gasteiger partial charge in [0.1, 0.15) is 23.0 Å². The number of amides is 1. The third-order valence-corrected chi connectivity index (χ3v) is 3.05. The lowest BCUT2D eigenvalue weighted by molar-refractivity contribution is 0.0952. The molecule has 0 aliphatic heterocycles. The standard InChI is InChI=1S/C16H16N2O5/c1-22-11-3-5-14(19)10(7-11)9-17-18-16(21)13-8-12(23-2)4-6-15(13)20/h3-9,19-20H,1-2H3,(H,18,21)/b17-9-. The van der Waals surface area contributed by atoms with E-state index in [0.717, 1.165) is 0 Å². The fourth-order valence-electron chi connectivity index (χ4n) is 1.81. The number of aromatic hydroxyl groups is 2. The second-order valence-corrected chi connectivity index (χ2v) is 4.51. The van der Waals surface area contributed by atoms with Crippen molar-refractivity contribution in [2.75, 3.05) is 14.2 Å². The van der Waals surface area contributed by atoms with Crippen LogP contribution in [-0.2, 0) is 0 Å². The van der Waals surface area contributed by atoms with Gasteiger partial charge in [0.05, 0.1) is 26.0 Å². The number of rotatable bonds is 5. The SMILES string of the molecule is COc1ccc(O)c(/C=N\NC(=O)c2cc(OC)ccc2O)c1. The van der Waals surface area contributed by atoms with Crippen LogP contribution >= 0.6 is 0 Å². The van der Waals surface area contributed by atoms with E-state index in [2.05, 4.69) is 10.5 Å². The summed E-state index contributed by atoms with van der Waals surface area (Å²) in [4.78, 5) is 12.0. The molecule has 7 heteroatoms. The van der Waals surface area contributed by atoms with E-state index in [1.54, 1.807) is 12.1 Å². The van der Waals surface area contributed by atoms with E-state index in [0.29, 0.717) is 17.1 Å². The first-order chi connectivity index (χ1) is 11.0. The number of ether oxygens (including phenoxy) is 2. The fraction of sp³-hybridized carbons (Fsp3) is 0.125. The molecule has 0 aliphatic carbocycles. The second-order valence-electron chi connectivity index (χ2n) is 4.51. The van der Waals surface area contributed by atoms with Crippen molar-refractivity contribution in [2.24, 2.45) is 5.10 Å². The van der Waals surface area contributed by atoms with Crippen molar-refractivity contribution in [2.45, 2.75) is 0 Å². The highest BCUT2D eigenvalue weighted by atomic mass is 16.5. The number of nitrogens with zero attached hydrogens (tertiary/aromatic N) is 1. The zero-order chi connectivity index (χ0) is 16.8. The van der Waals surface area contributed by atoms with Crippen LogP contribution in [-0.4, -0.2) is 36.6 Å². The van der Waals surface area contributed by atoms with E-state index >= 15 is 0 Å². The quantitative estimate of drug-likeness (QED) is 0.577. The van der Waals surface area contributed by atoms with Crippen molar-refractivity contribution in [3.63, 3.8) is 0 Å². The molecule has 0 atom stereocenters. The molecule has 120 valence electrons. The number of carbonyl (C=O) groups excluding carboxylic acids is 1. The van der Waals surface area contributed by atoms with Gasteiger partial charge in [0.2, 0.25) is 0 Å². The molecule has 0 saturated heterocycles. The van der Waals surface area contributed by atoms with Gasteiger partial charge in [0.15, 0.2) is 0 Å². The minimum Gasteiger partial charge on any atom is -0.507 e. The van der Waals surface area contributed by atoms with E-state index in [4.69, 9.17) is 9.47 Å². The lowest BCUT2D eigenvalue weighted by Gasteiger charge is -2.06. The molecule has 1 amide bonds. The predicted octanol–water partition coefficient (Wildman–Crippen LogP) is 1.88. The summed E-state index contributed by atoms with van der Waals surface area (Å²) in [5.74, 6) is 0.166. The Balaban J connectivity index is 2.13. The third kappa shape index (κ3) is 3.91. The molecule has 0 heterocycles. The Bertz CT molecular complexity index is 743. The minimum absolute atomic E-state index is 0.00646. The Morgan fingerprint density at radius 3 is 2.30 bits per heavy atom. The molecule has 2 rings (SSSR count). The molecule has 0 aliphatic rings. The van der Waals surface area contributed by atoms with E-state index < -0.39 is 5.91 Å². The summed E-state index contributed by atoms with van der Waals surface area (Å²) in [7, 11) is 2.96. The van der Waals surface area contributed by atoms with E-state index in [1.807, 2.05) is 0 Å². The Morgan fingerprint density at radius 2 is 1.65 bits per heavy atom. The first-order valence-corrected chi connectivity index (χ1v) is 6.62. The van der Waals surface area contributed by atoms with E-state index in [9.17, 15) is 15.0 Å². The summed E-state index contributed by atoms with van der Waals surface area (Å²) < 4.78 is 10.0. The summed E-state index contributed by atoms with van der Waals surface area (Å²) >= 11 is 0. The van der Waals surface area contributed by atoms with Crippen LogP contribution in [0.4, 0.5) is 0 Å². The van der Waals surface area contributed by atoms with Crippen LogP contribution in [0.3, 0.4) is 0 Å². The molecular formula is C16H16N2O5. The number of methoxy groups -OCH3 is 2. The van der Waals surface area contributed by atoms with Crippen molar-refractivity contribution in [1.82, 2.24) is 5.43 Å². The molecule has 0 radical (unpaired) electrons. The Labute approximate surface area is 132 Å². The predicted molar refractivity (Wildman–Crippen MR) is 84.4 cm³/mol. The molecule has 0 unspecified atom stereocenters. The van der Waals surface area contributed by atoms with Gasteiger partial charge in [-0.05, 0) is 36.4 Å². The van der Waals surface area contributed by atoms with Crippen LogP contribution in [0.2, 0.25) is 0 Å². The smallest absolute Gasteiger partial charge is 0.275 e. The average Bonchev–Trinajstić information content (AvgIpc) is 2.56. The molecule has 23 heavy (non-hydrogen) atoms. The number of hydrogen-bond donors (Lipinski definition) is 3. The Kier molecular flexibility index (Phi) is 5.03. The molecule has 0 fully saturated rings. The van der Waals surface area contributed by atoms with Crippen LogP contribution in [0.1, 0.15) is 15.9 Å². The first-order valence-electron chi connectivity index (χ1n) is 6.62. The molecule has 0 aromatic heterocycles. The van der Waals surface area contributed by atoms with E-state index in [-0.39, 0.29) is 17.1 Å². The number of hydrogen-bond acceptors (Lipinski definition) is 6. The molecule has 2 aromatic rings.